The van der Waals surface area contributed by atoms with Gasteiger partial charge in [0, 0.05) is 23.9 Å². The molecule has 1 atom stereocenters. The molecule has 0 bridgehead atoms. The third-order valence-corrected chi connectivity index (χ3v) is 3.22. The zero-order valence-corrected chi connectivity index (χ0v) is 10.7. The van der Waals surface area contributed by atoms with E-state index < -0.39 is 5.95 Å². The number of aromatic nitrogens is 1. The van der Waals surface area contributed by atoms with Gasteiger partial charge in [-0.15, -0.1) is 0 Å². The number of hydrogen-bond donors (Lipinski definition) is 1. The van der Waals surface area contributed by atoms with E-state index in [1.807, 2.05) is 18.4 Å². The number of amides is 1. The van der Waals surface area contributed by atoms with Crippen LogP contribution in [0.25, 0.3) is 0 Å². The molecular formula is C13H13FN2OS. The molecular weight excluding hydrogens is 251 g/mol. The van der Waals surface area contributed by atoms with Crippen LogP contribution in [-0.2, 0) is 6.42 Å². The van der Waals surface area contributed by atoms with E-state index in [9.17, 15) is 9.18 Å². The van der Waals surface area contributed by atoms with Crippen molar-refractivity contribution >= 4 is 17.2 Å². The fourth-order valence-electron chi connectivity index (χ4n) is 1.66. The zero-order chi connectivity index (χ0) is 13.0. The third-order valence-electron chi connectivity index (χ3n) is 2.49. The molecule has 0 spiro atoms. The Morgan fingerprint density at radius 2 is 2.39 bits per heavy atom. The number of carbonyl (C=O) groups excluding carboxylic acids is 1. The quantitative estimate of drug-likeness (QED) is 0.863. The lowest BCUT2D eigenvalue weighted by atomic mass is 10.1. The third kappa shape index (κ3) is 3.37. The predicted molar refractivity (Wildman–Crippen MR) is 69.1 cm³/mol. The molecule has 1 unspecified atom stereocenters. The Balaban J connectivity index is 1.95. The van der Waals surface area contributed by atoms with Crippen LogP contribution in [0, 0.1) is 5.95 Å². The maximum absolute atomic E-state index is 12.9. The van der Waals surface area contributed by atoms with Gasteiger partial charge in [-0.1, -0.05) is 0 Å². The van der Waals surface area contributed by atoms with E-state index >= 15 is 0 Å². The first kappa shape index (κ1) is 12.7. The smallest absolute Gasteiger partial charge is 0.251 e. The highest BCUT2D eigenvalue weighted by Gasteiger charge is 2.11. The SMILES string of the molecule is CC(Cc1ccsc1)NC(=O)c1ccnc(F)c1. The van der Waals surface area contributed by atoms with Gasteiger partial charge in [-0.05, 0) is 41.8 Å². The molecule has 5 heteroatoms. The molecule has 0 saturated heterocycles. The van der Waals surface area contributed by atoms with Crippen LogP contribution >= 0.6 is 11.3 Å². The van der Waals surface area contributed by atoms with Crippen LogP contribution < -0.4 is 5.32 Å². The Bertz CT molecular complexity index is 528. The van der Waals surface area contributed by atoms with E-state index in [4.69, 9.17) is 0 Å². The van der Waals surface area contributed by atoms with E-state index in [2.05, 4.69) is 15.7 Å². The zero-order valence-electron chi connectivity index (χ0n) is 9.89. The van der Waals surface area contributed by atoms with Gasteiger partial charge in [-0.25, -0.2) is 4.98 Å². The summed E-state index contributed by atoms with van der Waals surface area (Å²) in [5.74, 6) is -0.924. The van der Waals surface area contributed by atoms with E-state index in [0.717, 1.165) is 12.5 Å². The second kappa shape index (κ2) is 5.73. The molecule has 0 aliphatic carbocycles. The highest BCUT2D eigenvalue weighted by Crippen LogP contribution is 2.09. The number of nitrogens with one attached hydrogen (secondary N) is 1. The van der Waals surface area contributed by atoms with Crippen molar-refractivity contribution in [3.8, 4) is 0 Å². The number of hydrogen-bond acceptors (Lipinski definition) is 3. The minimum Gasteiger partial charge on any atom is -0.349 e. The Labute approximate surface area is 109 Å². The average Bonchev–Trinajstić information content (AvgIpc) is 2.81. The molecule has 94 valence electrons. The normalized spacial score (nSPS) is 12.1. The molecule has 0 radical (unpaired) electrons. The van der Waals surface area contributed by atoms with Gasteiger partial charge in [0.05, 0.1) is 0 Å². The van der Waals surface area contributed by atoms with Crippen LogP contribution in [0.5, 0.6) is 0 Å². The number of nitrogens with zero attached hydrogens (tertiary/aromatic N) is 1. The highest BCUT2D eigenvalue weighted by molar-refractivity contribution is 7.07. The van der Waals surface area contributed by atoms with Crippen molar-refractivity contribution in [3.63, 3.8) is 0 Å². The topological polar surface area (TPSA) is 42.0 Å². The lowest BCUT2D eigenvalue weighted by Crippen LogP contribution is -2.34. The van der Waals surface area contributed by atoms with Crippen molar-refractivity contribution in [2.45, 2.75) is 19.4 Å². The van der Waals surface area contributed by atoms with Crippen molar-refractivity contribution in [3.05, 3.63) is 52.2 Å². The molecule has 0 aromatic carbocycles. The first-order valence-electron chi connectivity index (χ1n) is 5.58. The summed E-state index contributed by atoms with van der Waals surface area (Å²) in [6.07, 6.45) is 2.05. The van der Waals surface area contributed by atoms with Gasteiger partial charge in [-0.3, -0.25) is 4.79 Å². The molecule has 2 aromatic rings. The first-order chi connectivity index (χ1) is 8.65. The summed E-state index contributed by atoms with van der Waals surface area (Å²) in [6.45, 7) is 1.92. The van der Waals surface area contributed by atoms with Crippen molar-refractivity contribution in [1.29, 1.82) is 0 Å². The summed E-state index contributed by atoms with van der Waals surface area (Å²) in [4.78, 5) is 15.2. The summed E-state index contributed by atoms with van der Waals surface area (Å²) >= 11 is 1.63. The lowest BCUT2D eigenvalue weighted by molar-refractivity contribution is 0.0939. The van der Waals surface area contributed by atoms with Crippen LogP contribution in [0.1, 0.15) is 22.8 Å². The Morgan fingerprint density at radius 3 is 3.06 bits per heavy atom. The molecule has 2 heterocycles. The predicted octanol–water partition coefficient (Wildman–Crippen LogP) is 2.64. The van der Waals surface area contributed by atoms with Crippen LogP contribution in [0.15, 0.2) is 35.2 Å². The molecule has 2 rings (SSSR count). The minimum atomic E-state index is -0.645. The van der Waals surface area contributed by atoms with Gasteiger partial charge in [0.15, 0.2) is 0 Å². The van der Waals surface area contributed by atoms with Gasteiger partial charge in [0.1, 0.15) is 0 Å². The Morgan fingerprint density at radius 1 is 1.56 bits per heavy atom. The van der Waals surface area contributed by atoms with E-state index in [-0.39, 0.29) is 11.9 Å². The number of carbonyl (C=O) groups is 1. The molecule has 0 saturated carbocycles. The first-order valence-corrected chi connectivity index (χ1v) is 6.53. The van der Waals surface area contributed by atoms with E-state index in [1.54, 1.807) is 11.3 Å². The fourth-order valence-corrected chi connectivity index (χ4v) is 2.35. The molecule has 3 nitrogen and oxygen atoms in total. The molecule has 0 aliphatic heterocycles. The number of pyridine rings is 1. The standard InChI is InChI=1S/C13H13FN2OS/c1-9(6-10-3-5-18-8-10)16-13(17)11-2-4-15-12(14)7-11/h2-5,7-9H,6H2,1H3,(H,16,17). The summed E-state index contributed by atoms with van der Waals surface area (Å²) in [5, 5.41) is 6.89. The Hall–Kier alpha value is -1.75. The van der Waals surface area contributed by atoms with Crippen molar-refractivity contribution in [1.82, 2.24) is 10.3 Å². The number of rotatable bonds is 4. The van der Waals surface area contributed by atoms with Gasteiger partial charge < -0.3 is 5.32 Å². The molecule has 0 fully saturated rings. The molecule has 0 aliphatic rings. The Kier molecular flexibility index (Phi) is 4.04. The van der Waals surface area contributed by atoms with Crippen LogP contribution in [0.3, 0.4) is 0 Å². The van der Waals surface area contributed by atoms with Gasteiger partial charge in [-0.2, -0.15) is 15.7 Å². The van der Waals surface area contributed by atoms with Crippen molar-refractivity contribution in [2.75, 3.05) is 0 Å². The molecule has 18 heavy (non-hydrogen) atoms. The average molecular weight is 264 g/mol. The van der Waals surface area contributed by atoms with E-state index in [1.165, 1.54) is 17.8 Å². The minimum absolute atomic E-state index is 0.00308. The van der Waals surface area contributed by atoms with Gasteiger partial charge >= 0.3 is 0 Å². The number of halogens is 1. The van der Waals surface area contributed by atoms with Crippen LogP contribution in [0.2, 0.25) is 0 Å². The highest BCUT2D eigenvalue weighted by atomic mass is 32.1. The molecule has 1 N–H and O–H groups in total. The second-order valence-electron chi connectivity index (χ2n) is 4.08. The molecule has 1 amide bonds. The maximum Gasteiger partial charge on any atom is 0.251 e. The fraction of sp³-hybridized carbons (Fsp3) is 0.231. The monoisotopic (exact) mass is 264 g/mol. The summed E-state index contributed by atoms with van der Waals surface area (Å²) < 4.78 is 12.9. The van der Waals surface area contributed by atoms with Crippen molar-refractivity contribution in [2.24, 2.45) is 0 Å². The molecule has 2 aromatic heterocycles. The maximum atomic E-state index is 12.9. The second-order valence-corrected chi connectivity index (χ2v) is 4.86. The van der Waals surface area contributed by atoms with E-state index in [0.29, 0.717) is 5.56 Å². The largest absolute Gasteiger partial charge is 0.349 e. The number of thiophene rings is 1. The van der Waals surface area contributed by atoms with Crippen LogP contribution in [-0.4, -0.2) is 16.9 Å². The lowest BCUT2D eigenvalue weighted by Gasteiger charge is -2.13. The summed E-state index contributed by atoms with van der Waals surface area (Å²) in [7, 11) is 0. The van der Waals surface area contributed by atoms with Crippen molar-refractivity contribution < 1.29 is 9.18 Å². The van der Waals surface area contributed by atoms with Gasteiger partial charge in [0.25, 0.3) is 5.91 Å². The summed E-state index contributed by atoms with van der Waals surface area (Å²) in [5.41, 5.74) is 1.48. The van der Waals surface area contributed by atoms with Crippen LogP contribution in [0.4, 0.5) is 4.39 Å². The summed E-state index contributed by atoms with van der Waals surface area (Å²) in [6, 6.07) is 4.66. The van der Waals surface area contributed by atoms with Gasteiger partial charge in [0.2, 0.25) is 5.95 Å².